The van der Waals surface area contributed by atoms with Crippen LogP contribution in [0.3, 0.4) is 0 Å². The van der Waals surface area contributed by atoms with Crippen molar-refractivity contribution >= 4 is 63.2 Å². The van der Waals surface area contributed by atoms with E-state index < -0.39 is 30.2 Å². The number of imide groups is 1. The van der Waals surface area contributed by atoms with Gasteiger partial charge in [-0.2, -0.15) is 0 Å². The molecule has 0 fully saturated rings. The van der Waals surface area contributed by atoms with E-state index in [1.807, 2.05) is 0 Å². The molecule has 1 aliphatic heterocycles. The molecule has 2 aromatic rings. The number of primary amides is 1. The molecule has 0 unspecified atom stereocenters. The van der Waals surface area contributed by atoms with Crippen molar-refractivity contribution in [2.75, 3.05) is 11.9 Å². The molecule has 1 aliphatic rings. The highest BCUT2D eigenvalue weighted by atomic mass is 35.5. The number of anilines is 1. The summed E-state index contributed by atoms with van der Waals surface area (Å²) in [6.45, 7) is -0.516. The molecule has 0 atom stereocenters. The molecule has 7 nitrogen and oxygen atoms in total. The molecule has 2 heterocycles. The summed E-state index contributed by atoms with van der Waals surface area (Å²) in [6.07, 6.45) is 0. The number of hydrogen-bond acceptors (Lipinski definition) is 5. The maximum atomic E-state index is 12.3. The fourth-order valence-electron chi connectivity index (χ4n) is 2.34. The molecule has 0 saturated carbocycles. The van der Waals surface area contributed by atoms with Gasteiger partial charge in [0, 0.05) is 0 Å². The number of hydrogen-bond donors (Lipinski definition) is 2. The summed E-state index contributed by atoms with van der Waals surface area (Å²) in [7, 11) is 0. The van der Waals surface area contributed by atoms with Crippen molar-refractivity contribution in [2.24, 2.45) is 5.73 Å². The zero-order valence-electron chi connectivity index (χ0n) is 12.3. The first-order valence-corrected chi connectivity index (χ1v) is 8.45. The van der Waals surface area contributed by atoms with Crippen LogP contribution in [-0.4, -0.2) is 35.1 Å². The largest absolute Gasteiger partial charge is 0.366 e. The number of nitrogens with zero attached hydrogens (tertiary/aromatic N) is 1. The van der Waals surface area contributed by atoms with Crippen molar-refractivity contribution in [1.29, 1.82) is 0 Å². The topological polar surface area (TPSA) is 110 Å². The number of nitrogens with two attached hydrogens (primary N) is 1. The van der Waals surface area contributed by atoms with Crippen LogP contribution in [0.2, 0.25) is 10.0 Å². The van der Waals surface area contributed by atoms with Crippen molar-refractivity contribution < 1.29 is 19.2 Å². The van der Waals surface area contributed by atoms with E-state index in [4.69, 9.17) is 28.9 Å². The SMILES string of the molecule is NC(=O)c1ccsc1NC(=O)CN1C(=O)c2cc(Cl)c(Cl)cc2C1=O. The molecule has 3 N–H and O–H groups in total. The first-order chi connectivity index (χ1) is 11.8. The van der Waals surface area contributed by atoms with E-state index in [0.717, 1.165) is 16.2 Å². The lowest BCUT2D eigenvalue weighted by Crippen LogP contribution is -2.37. The van der Waals surface area contributed by atoms with Gasteiger partial charge in [0.05, 0.1) is 26.7 Å². The highest BCUT2D eigenvalue weighted by molar-refractivity contribution is 7.14. The third-order valence-corrected chi connectivity index (χ3v) is 5.05. The van der Waals surface area contributed by atoms with Gasteiger partial charge in [-0.25, -0.2) is 0 Å². The Labute approximate surface area is 155 Å². The van der Waals surface area contributed by atoms with Gasteiger partial charge in [0.15, 0.2) is 0 Å². The Balaban J connectivity index is 1.78. The van der Waals surface area contributed by atoms with Crippen LogP contribution in [0.1, 0.15) is 31.1 Å². The summed E-state index contributed by atoms with van der Waals surface area (Å²) in [4.78, 5) is 48.9. The summed E-state index contributed by atoms with van der Waals surface area (Å²) >= 11 is 12.8. The third kappa shape index (κ3) is 3.11. The molecule has 0 bridgehead atoms. The molecule has 4 amide bonds. The van der Waals surface area contributed by atoms with Gasteiger partial charge in [-0.05, 0) is 23.6 Å². The summed E-state index contributed by atoms with van der Waals surface area (Å²) < 4.78 is 0. The van der Waals surface area contributed by atoms with Crippen molar-refractivity contribution in [2.45, 2.75) is 0 Å². The van der Waals surface area contributed by atoms with Crippen LogP contribution in [0.25, 0.3) is 0 Å². The van der Waals surface area contributed by atoms with Gasteiger partial charge < -0.3 is 11.1 Å². The second-order valence-corrected chi connectivity index (χ2v) is 6.81. The lowest BCUT2D eigenvalue weighted by atomic mass is 10.1. The number of amides is 4. The highest BCUT2D eigenvalue weighted by Crippen LogP contribution is 2.31. The Hall–Kier alpha value is -2.42. The van der Waals surface area contributed by atoms with Gasteiger partial charge in [-0.1, -0.05) is 23.2 Å². The summed E-state index contributed by atoms with van der Waals surface area (Å²) in [5, 5.41) is 4.58. The van der Waals surface area contributed by atoms with Crippen molar-refractivity contribution in [3.63, 3.8) is 0 Å². The van der Waals surface area contributed by atoms with Gasteiger partial charge >= 0.3 is 0 Å². The van der Waals surface area contributed by atoms with Gasteiger partial charge in [0.1, 0.15) is 11.5 Å². The van der Waals surface area contributed by atoms with Crippen molar-refractivity contribution in [1.82, 2.24) is 4.90 Å². The quantitative estimate of drug-likeness (QED) is 0.771. The third-order valence-electron chi connectivity index (χ3n) is 3.50. The van der Waals surface area contributed by atoms with Crippen LogP contribution in [0, 0.1) is 0 Å². The van der Waals surface area contributed by atoms with Gasteiger partial charge in [-0.3, -0.25) is 24.1 Å². The average Bonchev–Trinajstić information content (AvgIpc) is 3.08. The second kappa shape index (κ2) is 6.47. The van der Waals surface area contributed by atoms with E-state index in [2.05, 4.69) is 5.32 Å². The number of benzene rings is 1. The average molecular weight is 398 g/mol. The van der Waals surface area contributed by atoms with E-state index in [1.165, 1.54) is 18.2 Å². The molecule has 0 saturated heterocycles. The predicted octanol–water partition coefficient (Wildman–Crippen LogP) is 2.39. The van der Waals surface area contributed by atoms with E-state index in [0.29, 0.717) is 0 Å². The number of carbonyl (C=O) groups excluding carboxylic acids is 4. The van der Waals surface area contributed by atoms with Crippen LogP contribution in [0.4, 0.5) is 5.00 Å². The predicted molar refractivity (Wildman–Crippen MR) is 93.3 cm³/mol. The maximum Gasteiger partial charge on any atom is 0.262 e. The number of carbonyl (C=O) groups is 4. The minimum Gasteiger partial charge on any atom is -0.366 e. The molecule has 128 valence electrons. The number of thiophene rings is 1. The van der Waals surface area contributed by atoms with E-state index in [1.54, 1.807) is 5.38 Å². The normalized spacial score (nSPS) is 13.1. The first kappa shape index (κ1) is 17.4. The summed E-state index contributed by atoms with van der Waals surface area (Å²) in [5.41, 5.74) is 5.52. The van der Waals surface area contributed by atoms with Crippen LogP contribution < -0.4 is 11.1 Å². The first-order valence-electron chi connectivity index (χ1n) is 6.82. The Morgan fingerprint density at radius 3 is 2.20 bits per heavy atom. The molecule has 25 heavy (non-hydrogen) atoms. The molecular formula is C15H9Cl2N3O4S. The lowest BCUT2D eigenvalue weighted by Gasteiger charge is -2.13. The number of nitrogens with one attached hydrogen (secondary N) is 1. The zero-order valence-corrected chi connectivity index (χ0v) is 14.7. The minimum absolute atomic E-state index is 0.0844. The smallest absolute Gasteiger partial charge is 0.262 e. The monoisotopic (exact) mass is 397 g/mol. The maximum absolute atomic E-state index is 12.3. The van der Waals surface area contributed by atoms with Gasteiger partial charge in [-0.15, -0.1) is 11.3 Å². The Kier molecular flexibility index (Phi) is 4.51. The standard InChI is InChI=1S/C15H9Cl2N3O4S/c16-9-3-7-8(4-10(9)17)15(24)20(14(7)23)5-11(21)19-13-6(12(18)22)1-2-25-13/h1-4H,5H2,(H2,18,22)(H,19,21). The lowest BCUT2D eigenvalue weighted by molar-refractivity contribution is -0.116. The molecule has 3 rings (SSSR count). The van der Waals surface area contributed by atoms with E-state index >= 15 is 0 Å². The molecule has 0 radical (unpaired) electrons. The molecule has 10 heteroatoms. The Bertz CT molecular complexity index is 900. The second-order valence-electron chi connectivity index (χ2n) is 5.08. The fraction of sp³-hybridized carbons (Fsp3) is 0.0667. The number of rotatable bonds is 4. The highest BCUT2D eigenvalue weighted by Gasteiger charge is 2.37. The summed E-state index contributed by atoms with van der Waals surface area (Å²) in [6, 6.07) is 4.05. The number of halogens is 2. The Morgan fingerprint density at radius 2 is 1.68 bits per heavy atom. The molecule has 1 aromatic carbocycles. The minimum atomic E-state index is -0.693. The van der Waals surface area contributed by atoms with Gasteiger partial charge in [0.25, 0.3) is 17.7 Å². The molecule has 1 aromatic heterocycles. The molecule has 0 aliphatic carbocycles. The Morgan fingerprint density at radius 1 is 1.12 bits per heavy atom. The van der Waals surface area contributed by atoms with Gasteiger partial charge in [0.2, 0.25) is 5.91 Å². The van der Waals surface area contributed by atoms with Crippen LogP contribution in [0.15, 0.2) is 23.6 Å². The molecule has 0 spiro atoms. The van der Waals surface area contributed by atoms with Crippen molar-refractivity contribution in [3.8, 4) is 0 Å². The van der Waals surface area contributed by atoms with Crippen molar-refractivity contribution in [3.05, 3.63) is 50.3 Å². The summed E-state index contributed by atoms with van der Waals surface area (Å²) in [5.74, 6) is -2.62. The van der Waals surface area contributed by atoms with E-state index in [9.17, 15) is 19.2 Å². The van der Waals surface area contributed by atoms with Crippen LogP contribution in [0.5, 0.6) is 0 Å². The van der Waals surface area contributed by atoms with Crippen LogP contribution >= 0.6 is 34.5 Å². The van der Waals surface area contributed by atoms with Crippen LogP contribution in [-0.2, 0) is 4.79 Å². The van der Waals surface area contributed by atoms with E-state index in [-0.39, 0.29) is 31.7 Å². The fourth-order valence-corrected chi connectivity index (χ4v) is 3.47. The zero-order chi connectivity index (χ0) is 18.3. The molecular weight excluding hydrogens is 389 g/mol. The number of fused-ring (bicyclic) bond motifs is 1.